The number of halogens is 2. The average molecular weight is 414 g/mol. The summed E-state index contributed by atoms with van der Waals surface area (Å²) < 4.78 is 11.3. The van der Waals surface area contributed by atoms with E-state index in [-0.39, 0.29) is 5.41 Å². The minimum Gasteiger partial charge on any atom is -0.493 e. The zero-order chi connectivity index (χ0) is 19.3. The molecule has 7 heteroatoms. The van der Waals surface area contributed by atoms with Crippen LogP contribution in [0.15, 0.2) is 23.2 Å². The van der Waals surface area contributed by atoms with Gasteiger partial charge in [-0.05, 0) is 43.9 Å². The zero-order valence-corrected chi connectivity index (χ0v) is 17.7. The van der Waals surface area contributed by atoms with Crippen LogP contribution in [-0.4, -0.2) is 56.9 Å². The Kier molecular flexibility index (Phi) is 7.12. The Morgan fingerprint density at radius 3 is 2.48 bits per heavy atom. The van der Waals surface area contributed by atoms with Gasteiger partial charge in [-0.15, -0.1) is 0 Å². The van der Waals surface area contributed by atoms with E-state index < -0.39 is 0 Å². The Balaban J connectivity index is 1.48. The molecule has 2 aliphatic rings. The number of piperidine rings is 1. The molecule has 27 heavy (non-hydrogen) atoms. The standard InChI is InChI=1S/C20H29Cl2N3O2/c1-3-23-19(24-12-20(2)13-26-14-20)25-6-4-15(5-7-25)11-27-18-9-16(21)8-17(22)10-18/h8-10,15H,3-7,11-14H2,1-2H3,(H,23,24). The van der Waals surface area contributed by atoms with E-state index in [0.717, 1.165) is 63.9 Å². The first-order valence-electron chi connectivity index (χ1n) is 9.67. The van der Waals surface area contributed by atoms with E-state index in [0.29, 0.717) is 22.6 Å². The van der Waals surface area contributed by atoms with Crippen LogP contribution in [0.5, 0.6) is 5.75 Å². The Labute approximate surface area is 172 Å². The molecule has 0 saturated carbocycles. The van der Waals surface area contributed by atoms with Crippen molar-refractivity contribution in [3.63, 3.8) is 0 Å². The molecule has 3 rings (SSSR count). The first-order valence-corrected chi connectivity index (χ1v) is 10.4. The summed E-state index contributed by atoms with van der Waals surface area (Å²) in [5.41, 5.74) is 0.199. The summed E-state index contributed by atoms with van der Waals surface area (Å²) in [6.07, 6.45) is 2.16. The van der Waals surface area contributed by atoms with Crippen molar-refractivity contribution in [3.05, 3.63) is 28.2 Å². The monoisotopic (exact) mass is 413 g/mol. The molecule has 2 saturated heterocycles. The minimum atomic E-state index is 0.199. The number of hydrogen-bond donors (Lipinski definition) is 1. The molecule has 0 amide bonds. The van der Waals surface area contributed by atoms with Gasteiger partial charge in [0.1, 0.15) is 5.75 Å². The highest BCUT2D eigenvalue weighted by Gasteiger charge is 2.33. The predicted octanol–water partition coefficient (Wildman–Crippen LogP) is 4.09. The summed E-state index contributed by atoms with van der Waals surface area (Å²) in [5.74, 6) is 2.28. The molecule has 0 aromatic heterocycles. The molecule has 2 heterocycles. The van der Waals surface area contributed by atoms with E-state index in [1.165, 1.54) is 0 Å². The largest absolute Gasteiger partial charge is 0.493 e. The van der Waals surface area contributed by atoms with Gasteiger partial charge in [0.05, 0.1) is 26.4 Å². The van der Waals surface area contributed by atoms with Crippen molar-refractivity contribution in [1.82, 2.24) is 10.2 Å². The molecule has 1 aromatic carbocycles. The van der Waals surface area contributed by atoms with Crippen molar-refractivity contribution in [2.75, 3.05) is 46.0 Å². The van der Waals surface area contributed by atoms with Crippen molar-refractivity contribution in [2.24, 2.45) is 16.3 Å². The number of aliphatic imine (C=N–C) groups is 1. The number of nitrogens with zero attached hydrogens (tertiary/aromatic N) is 2. The van der Waals surface area contributed by atoms with E-state index in [1.807, 2.05) is 12.1 Å². The second-order valence-electron chi connectivity index (χ2n) is 7.82. The van der Waals surface area contributed by atoms with Crippen LogP contribution in [0, 0.1) is 11.3 Å². The minimum absolute atomic E-state index is 0.199. The lowest BCUT2D eigenvalue weighted by Gasteiger charge is -2.38. The lowest BCUT2D eigenvalue weighted by atomic mass is 9.89. The molecule has 0 atom stereocenters. The third-order valence-electron chi connectivity index (χ3n) is 5.08. The molecular formula is C20H29Cl2N3O2. The Bertz CT molecular complexity index is 636. The first kappa shape index (κ1) is 20.6. The number of likely N-dealkylation sites (tertiary alicyclic amines) is 1. The summed E-state index contributed by atoms with van der Waals surface area (Å²) in [6.45, 7) is 10.3. The van der Waals surface area contributed by atoms with Crippen LogP contribution in [0.25, 0.3) is 0 Å². The maximum atomic E-state index is 6.03. The third-order valence-corrected chi connectivity index (χ3v) is 5.52. The van der Waals surface area contributed by atoms with E-state index in [1.54, 1.807) is 6.07 Å². The summed E-state index contributed by atoms with van der Waals surface area (Å²) in [4.78, 5) is 7.22. The van der Waals surface area contributed by atoms with Gasteiger partial charge in [0.25, 0.3) is 0 Å². The molecular weight excluding hydrogens is 385 g/mol. The highest BCUT2D eigenvalue weighted by Crippen LogP contribution is 2.28. The number of guanidine groups is 1. The second kappa shape index (κ2) is 9.35. The van der Waals surface area contributed by atoms with Gasteiger partial charge in [-0.1, -0.05) is 30.1 Å². The van der Waals surface area contributed by atoms with Crippen LogP contribution in [0.4, 0.5) is 0 Å². The maximum Gasteiger partial charge on any atom is 0.193 e. The van der Waals surface area contributed by atoms with Gasteiger partial charge in [-0.3, -0.25) is 4.99 Å². The van der Waals surface area contributed by atoms with Crippen molar-refractivity contribution in [2.45, 2.75) is 26.7 Å². The van der Waals surface area contributed by atoms with Crippen molar-refractivity contribution >= 4 is 29.2 Å². The average Bonchev–Trinajstić information content (AvgIpc) is 2.62. The second-order valence-corrected chi connectivity index (χ2v) is 8.69. The SMILES string of the molecule is CCNC(=NCC1(C)COC1)N1CCC(COc2cc(Cl)cc(Cl)c2)CC1. The smallest absolute Gasteiger partial charge is 0.193 e. The fraction of sp³-hybridized carbons (Fsp3) is 0.650. The quantitative estimate of drug-likeness (QED) is 0.563. The van der Waals surface area contributed by atoms with E-state index in [2.05, 4.69) is 24.1 Å². The molecule has 0 spiro atoms. The number of hydrogen-bond acceptors (Lipinski definition) is 3. The molecule has 1 N–H and O–H groups in total. The van der Waals surface area contributed by atoms with Gasteiger partial charge in [0.2, 0.25) is 0 Å². The topological polar surface area (TPSA) is 46.1 Å². The number of ether oxygens (including phenoxy) is 2. The highest BCUT2D eigenvalue weighted by atomic mass is 35.5. The normalized spacial score (nSPS) is 20.3. The Hall–Kier alpha value is -1.17. The summed E-state index contributed by atoms with van der Waals surface area (Å²) in [5, 5.41) is 4.64. The summed E-state index contributed by atoms with van der Waals surface area (Å²) >= 11 is 12.1. The van der Waals surface area contributed by atoms with E-state index in [4.69, 9.17) is 37.7 Å². The van der Waals surface area contributed by atoms with Gasteiger partial charge < -0.3 is 19.7 Å². The molecule has 1 aromatic rings. The molecule has 0 unspecified atom stereocenters. The van der Waals surface area contributed by atoms with Crippen LogP contribution < -0.4 is 10.1 Å². The zero-order valence-electron chi connectivity index (χ0n) is 16.1. The Morgan fingerprint density at radius 2 is 1.93 bits per heavy atom. The lowest BCUT2D eigenvalue weighted by Crippen LogP contribution is -2.48. The number of rotatable bonds is 6. The molecule has 2 aliphatic heterocycles. The van der Waals surface area contributed by atoms with Crippen molar-refractivity contribution in [3.8, 4) is 5.75 Å². The number of nitrogens with one attached hydrogen (secondary N) is 1. The summed E-state index contributed by atoms with van der Waals surface area (Å²) in [6, 6.07) is 5.33. The molecule has 0 aliphatic carbocycles. The van der Waals surface area contributed by atoms with Crippen LogP contribution in [0.1, 0.15) is 26.7 Å². The first-order chi connectivity index (χ1) is 13.0. The molecule has 2 fully saturated rings. The highest BCUT2D eigenvalue weighted by molar-refractivity contribution is 6.34. The fourth-order valence-corrected chi connectivity index (χ4v) is 3.88. The number of benzene rings is 1. The van der Waals surface area contributed by atoms with Crippen molar-refractivity contribution in [1.29, 1.82) is 0 Å². The van der Waals surface area contributed by atoms with Gasteiger partial charge in [-0.2, -0.15) is 0 Å². The molecule has 5 nitrogen and oxygen atoms in total. The van der Waals surface area contributed by atoms with Gasteiger partial charge in [0, 0.05) is 35.1 Å². The maximum absolute atomic E-state index is 6.03. The fourth-order valence-electron chi connectivity index (χ4n) is 3.37. The predicted molar refractivity (Wildman–Crippen MR) is 111 cm³/mol. The van der Waals surface area contributed by atoms with E-state index >= 15 is 0 Å². The molecule has 0 radical (unpaired) electrons. The lowest BCUT2D eigenvalue weighted by molar-refractivity contribution is -0.0946. The Morgan fingerprint density at radius 1 is 1.26 bits per heavy atom. The van der Waals surface area contributed by atoms with Crippen LogP contribution in [-0.2, 0) is 4.74 Å². The van der Waals surface area contributed by atoms with Gasteiger partial charge >= 0.3 is 0 Å². The van der Waals surface area contributed by atoms with Gasteiger partial charge in [-0.25, -0.2) is 0 Å². The van der Waals surface area contributed by atoms with Crippen molar-refractivity contribution < 1.29 is 9.47 Å². The third kappa shape index (κ3) is 5.90. The van der Waals surface area contributed by atoms with Crippen LogP contribution >= 0.6 is 23.2 Å². The molecule has 150 valence electrons. The van der Waals surface area contributed by atoms with Crippen LogP contribution in [0.3, 0.4) is 0 Å². The van der Waals surface area contributed by atoms with E-state index in [9.17, 15) is 0 Å². The van der Waals surface area contributed by atoms with Crippen LogP contribution in [0.2, 0.25) is 10.0 Å². The molecule has 0 bridgehead atoms. The summed E-state index contributed by atoms with van der Waals surface area (Å²) in [7, 11) is 0. The van der Waals surface area contributed by atoms with Gasteiger partial charge in [0.15, 0.2) is 5.96 Å².